The standard InChI is InChI=1S/C6H8N6O/c7-11-9-4-1-5(10-12-8)3-6(13)2-4/h4-5H,1-3H2/t4-,5+. The number of carbonyl (C=O) groups excluding carboxylic acids is 1. The smallest absolute Gasteiger partial charge is 0.133 e. The highest BCUT2D eigenvalue weighted by Crippen LogP contribution is 2.21. The van der Waals surface area contributed by atoms with Crippen LogP contribution in [0, 0.1) is 0 Å². The zero-order valence-corrected chi connectivity index (χ0v) is 6.87. The molecule has 0 aromatic heterocycles. The molecule has 1 aliphatic rings. The fraction of sp³-hybridized carbons (Fsp3) is 0.833. The largest absolute Gasteiger partial charge is 0.300 e. The zero-order valence-electron chi connectivity index (χ0n) is 6.87. The molecular formula is C6H8N6O. The molecule has 0 aromatic rings. The van der Waals surface area contributed by atoms with Crippen molar-refractivity contribution in [2.45, 2.75) is 31.3 Å². The summed E-state index contributed by atoms with van der Waals surface area (Å²) in [5.41, 5.74) is 16.3. The lowest BCUT2D eigenvalue weighted by atomic mass is 9.91. The van der Waals surface area contributed by atoms with Gasteiger partial charge in [-0.1, -0.05) is 10.2 Å². The van der Waals surface area contributed by atoms with Crippen molar-refractivity contribution in [1.82, 2.24) is 0 Å². The van der Waals surface area contributed by atoms with Crippen LogP contribution in [0.4, 0.5) is 0 Å². The van der Waals surface area contributed by atoms with E-state index in [0.717, 1.165) is 0 Å². The summed E-state index contributed by atoms with van der Waals surface area (Å²) in [5.74, 6) is -0.0129. The topological polar surface area (TPSA) is 115 Å². The minimum absolute atomic E-state index is 0.0129. The lowest BCUT2D eigenvalue weighted by Crippen LogP contribution is -2.27. The van der Waals surface area contributed by atoms with E-state index in [-0.39, 0.29) is 30.7 Å². The van der Waals surface area contributed by atoms with Crippen molar-refractivity contribution in [1.29, 1.82) is 0 Å². The number of azide groups is 2. The van der Waals surface area contributed by atoms with Crippen molar-refractivity contribution in [3.05, 3.63) is 20.9 Å². The molecule has 0 aliphatic heterocycles. The molecule has 7 heteroatoms. The van der Waals surface area contributed by atoms with Crippen LogP contribution in [-0.4, -0.2) is 17.9 Å². The molecule has 0 unspecified atom stereocenters. The van der Waals surface area contributed by atoms with E-state index in [9.17, 15) is 4.79 Å². The van der Waals surface area contributed by atoms with Gasteiger partial charge in [-0.05, 0) is 17.5 Å². The van der Waals surface area contributed by atoms with Crippen LogP contribution in [0.1, 0.15) is 19.3 Å². The molecular weight excluding hydrogens is 172 g/mol. The van der Waals surface area contributed by atoms with Crippen LogP contribution in [0.3, 0.4) is 0 Å². The number of hydrogen-bond donors (Lipinski definition) is 0. The first-order valence-electron chi connectivity index (χ1n) is 3.86. The van der Waals surface area contributed by atoms with Crippen LogP contribution >= 0.6 is 0 Å². The van der Waals surface area contributed by atoms with Gasteiger partial charge < -0.3 is 0 Å². The highest BCUT2D eigenvalue weighted by Gasteiger charge is 2.25. The Balaban J connectivity index is 2.67. The van der Waals surface area contributed by atoms with Gasteiger partial charge in [0.1, 0.15) is 5.78 Å². The molecule has 0 bridgehead atoms. The van der Waals surface area contributed by atoms with E-state index in [4.69, 9.17) is 11.1 Å². The van der Waals surface area contributed by atoms with Crippen molar-refractivity contribution in [2.24, 2.45) is 10.2 Å². The SMILES string of the molecule is [N-]=[N+]=N[C@@H]1CC(=O)C[C@H](N=[N+]=[N-])C1. The van der Waals surface area contributed by atoms with E-state index in [0.29, 0.717) is 6.42 Å². The van der Waals surface area contributed by atoms with Gasteiger partial charge >= 0.3 is 0 Å². The summed E-state index contributed by atoms with van der Waals surface area (Å²) in [4.78, 5) is 16.3. The van der Waals surface area contributed by atoms with Gasteiger partial charge in [0.2, 0.25) is 0 Å². The minimum Gasteiger partial charge on any atom is -0.300 e. The second-order valence-corrected chi connectivity index (χ2v) is 2.90. The molecule has 0 aromatic carbocycles. The molecule has 2 atom stereocenters. The van der Waals surface area contributed by atoms with Crippen molar-refractivity contribution in [2.75, 3.05) is 0 Å². The zero-order chi connectivity index (χ0) is 9.68. The van der Waals surface area contributed by atoms with Gasteiger partial charge in [-0.3, -0.25) is 4.79 Å². The monoisotopic (exact) mass is 180 g/mol. The lowest BCUT2D eigenvalue weighted by molar-refractivity contribution is -0.120. The molecule has 0 amide bonds. The van der Waals surface area contributed by atoms with Gasteiger partial charge in [0.05, 0.1) is 0 Å². The highest BCUT2D eigenvalue weighted by molar-refractivity contribution is 5.80. The highest BCUT2D eigenvalue weighted by atomic mass is 16.1. The quantitative estimate of drug-likeness (QED) is 0.361. The molecule has 1 saturated carbocycles. The van der Waals surface area contributed by atoms with Gasteiger partial charge in [-0.15, -0.1) is 0 Å². The summed E-state index contributed by atoms with van der Waals surface area (Å²) in [6, 6.07) is -0.691. The molecule has 1 fully saturated rings. The first-order valence-corrected chi connectivity index (χ1v) is 3.86. The average molecular weight is 180 g/mol. The molecule has 7 nitrogen and oxygen atoms in total. The summed E-state index contributed by atoms with van der Waals surface area (Å²) in [6.45, 7) is 0. The van der Waals surface area contributed by atoms with E-state index < -0.39 is 0 Å². The molecule has 0 radical (unpaired) electrons. The van der Waals surface area contributed by atoms with Gasteiger partial charge in [-0.25, -0.2) is 0 Å². The van der Waals surface area contributed by atoms with Crippen molar-refractivity contribution in [3.8, 4) is 0 Å². The van der Waals surface area contributed by atoms with Crippen LogP contribution in [0.15, 0.2) is 10.2 Å². The third kappa shape index (κ3) is 2.66. The molecule has 68 valence electrons. The molecule has 0 saturated heterocycles. The Kier molecular flexibility index (Phi) is 3.14. The second kappa shape index (κ2) is 4.35. The maximum atomic E-state index is 11.1. The molecule has 0 heterocycles. The van der Waals surface area contributed by atoms with Crippen LogP contribution in [0.5, 0.6) is 0 Å². The number of rotatable bonds is 2. The Morgan fingerprint density at radius 2 is 1.62 bits per heavy atom. The Morgan fingerprint density at radius 3 is 2.00 bits per heavy atom. The Labute approximate surface area is 74.0 Å². The third-order valence-corrected chi connectivity index (χ3v) is 1.90. The van der Waals surface area contributed by atoms with Gasteiger partial charge in [0, 0.05) is 34.7 Å². The maximum absolute atomic E-state index is 11.1. The fourth-order valence-corrected chi connectivity index (χ4v) is 1.41. The lowest BCUT2D eigenvalue weighted by Gasteiger charge is -2.21. The molecule has 13 heavy (non-hydrogen) atoms. The number of carbonyl (C=O) groups is 1. The van der Waals surface area contributed by atoms with Crippen LogP contribution in [-0.2, 0) is 4.79 Å². The van der Waals surface area contributed by atoms with Crippen LogP contribution < -0.4 is 0 Å². The second-order valence-electron chi connectivity index (χ2n) is 2.90. The third-order valence-electron chi connectivity index (χ3n) is 1.90. The molecule has 0 N–H and O–H groups in total. The molecule has 1 aliphatic carbocycles. The summed E-state index contributed by atoms with van der Waals surface area (Å²) in [6.07, 6.45) is 1.00. The molecule has 1 rings (SSSR count). The van der Waals surface area contributed by atoms with Gasteiger partial charge in [0.25, 0.3) is 0 Å². The van der Waals surface area contributed by atoms with E-state index in [1.165, 1.54) is 0 Å². The summed E-state index contributed by atoms with van der Waals surface area (Å²) in [5, 5.41) is 6.89. The maximum Gasteiger partial charge on any atom is 0.133 e. The van der Waals surface area contributed by atoms with E-state index in [1.807, 2.05) is 0 Å². The Bertz CT molecular complexity index is 272. The van der Waals surface area contributed by atoms with E-state index in [1.54, 1.807) is 0 Å². The van der Waals surface area contributed by atoms with E-state index in [2.05, 4.69) is 20.1 Å². The van der Waals surface area contributed by atoms with E-state index >= 15 is 0 Å². The first-order chi connectivity index (χ1) is 6.26. The predicted molar refractivity (Wildman–Crippen MR) is 44.7 cm³/mol. The van der Waals surface area contributed by atoms with Crippen molar-refractivity contribution in [3.63, 3.8) is 0 Å². The number of nitrogens with zero attached hydrogens (tertiary/aromatic N) is 6. The fourth-order valence-electron chi connectivity index (χ4n) is 1.41. The van der Waals surface area contributed by atoms with Gasteiger partial charge in [-0.2, -0.15) is 0 Å². The normalized spacial score (nSPS) is 27.2. The average Bonchev–Trinajstić information content (AvgIpc) is 2.04. The number of Topliss-reactive ketones (excluding diaryl/α,β-unsaturated/α-hetero) is 1. The number of ketones is 1. The predicted octanol–water partition coefficient (Wildman–Crippen LogP) is 2.10. The van der Waals surface area contributed by atoms with Crippen LogP contribution in [0.2, 0.25) is 0 Å². The van der Waals surface area contributed by atoms with Crippen molar-refractivity contribution >= 4 is 5.78 Å². The summed E-state index contributed by atoms with van der Waals surface area (Å²) >= 11 is 0. The van der Waals surface area contributed by atoms with Gasteiger partial charge in [0.15, 0.2) is 0 Å². The Hall–Kier alpha value is -1.71. The Morgan fingerprint density at radius 1 is 1.15 bits per heavy atom. The first kappa shape index (κ1) is 9.38. The summed E-state index contributed by atoms with van der Waals surface area (Å²) < 4.78 is 0. The number of hydrogen-bond acceptors (Lipinski definition) is 3. The minimum atomic E-state index is -0.346. The summed E-state index contributed by atoms with van der Waals surface area (Å²) in [7, 11) is 0. The van der Waals surface area contributed by atoms with Crippen molar-refractivity contribution < 1.29 is 4.79 Å². The molecule has 0 spiro atoms. The van der Waals surface area contributed by atoms with Crippen LogP contribution in [0.25, 0.3) is 20.9 Å².